The largest absolute Gasteiger partial charge is 0.352 e. The topological polar surface area (TPSA) is 110 Å². The van der Waals surface area contributed by atoms with Crippen LogP contribution in [0.2, 0.25) is 0 Å². The highest BCUT2D eigenvalue weighted by Gasteiger charge is 2.21. The molecule has 0 aliphatic carbocycles. The van der Waals surface area contributed by atoms with E-state index in [1.807, 2.05) is 24.3 Å². The highest BCUT2D eigenvalue weighted by Crippen LogP contribution is 2.21. The number of nitrogens with one attached hydrogen (secondary N) is 1. The number of carbonyl (C=O) groups excluding carboxylic acids is 2. The molecular formula is C20H23N3O4S. The van der Waals surface area contributed by atoms with Gasteiger partial charge >= 0.3 is 0 Å². The van der Waals surface area contributed by atoms with Crippen molar-refractivity contribution in [1.82, 2.24) is 5.32 Å². The van der Waals surface area contributed by atoms with E-state index in [9.17, 15) is 18.0 Å². The van der Waals surface area contributed by atoms with Gasteiger partial charge in [-0.3, -0.25) is 9.59 Å². The zero-order valence-electron chi connectivity index (χ0n) is 15.4. The van der Waals surface area contributed by atoms with E-state index in [1.54, 1.807) is 17.0 Å². The summed E-state index contributed by atoms with van der Waals surface area (Å²) in [6.45, 7) is 1.17. The van der Waals surface area contributed by atoms with Gasteiger partial charge in [0.15, 0.2) is 0 Å². The van der Waals surface area contributed by atoms with Crippen LogP contribution in [0.15, 0.2) is 53.4 Å². The molecule has 0 saturated carbocycles. The van der Waals surface area contributed by atoms with Gasteiger partial charge < -0.3 is 10.2 Å². The summed E-state index contributed by atoms with van der Waals surface area (Å²) in [7, 11) is -3.70. The van der Waals surface area contributed by atoms with Gasteiger partial charge in [-0.05, 0) is 48.2 Å². The lowest BCUT2D eigenvalue weighted by atomic mass is 10.1. The number of nitrogens with two attached hydrogens (primary N) is 1. The van der Waals surface area contributed by atoms with Crippen molar-refractivity contribution in [2.24, 2.45) is 5.14 Å². The second-order valence-electron chi connectivity index (χ2n) is 6.78. The molecule has 0 radical (unpaired) electrons. The number of anilines is 1. The molecule has 0 unspecified atom stereocenters. The minimum Gasteiger partial charge on any atom is -0.352 e. The first-order chi connectivity index (χ1) is 13.3. The lowest BCUT2D eigenvalue weighted by Crippen LogP contribution is -2.24. The maximum atomic E-state index is 12.1. The van der Waals surface area contributed by atoms with Gasteiger partial charge in [-0.1, -0.05) is 24.3 Å². The minimum atomic E-state index is -3.70. The minimum absolute atomic E-state index is 0.0554. The van der Waals surface area contributed by atoms with E-state index in [0.29, 0.717) is 25.8 Å². The van der Waals surface area contributed by atoms with Crippen molar-refractivity contribution in [3.05, 3.63) is 59.7 Å². The molecular weight excluding hydrogens is 378 g/mol. The SMILES string of the molecule is NS(=O)(=O)c1ccc(CCC(=O)NCc2ccc(N3CCCC3=O)cc2)cc1. The van der Waals surface area contributed by atoms with Gasteiger partial charge in [0.25, 0.3) is 0 Å². The highest BCUT2D eigenvalue weighted by molar-refractivity contribution is 7.89. The summed E-state index contributed by atoms with van der Waals surface area (Å²) in [4.78, 5) is 25.7. The molecule has 0 bridgehead atoms. The van der Waals surface area contributed by atoms with Gasteiger partial charge in [0, 0.05) is 31.6 Å². The number of hydrogen-bond donors (Lipinski definition) is 2. The maximum absolute atomic E-state index is 12.1. The van der Waals surface area contributed by atoms with Gasteiger partial charge in [0.2, 0.25) is 21.8 Å². The van der Waals surface area contributed by atoms with Crippen LogP contribution in [0.1, 0.15) is 30.4 Å². The number of benzene rings is 2. The van der Waals surface area contributed by atoms with E-state index in [-0.39, 0.29) is 16.7 Å². The Morgan fingerprint density at radius 1 is 1.04 bits per heavy atom. The summed E-state index contributed by atoms with van der Waals surface area (Å²) < 4.78 is 22.5. The average molecular weight is 401 g/mol. The van der Waals surface area contributed by atoms with Crippen LogP contribution in [0.5, 0.6) is 0 Å². The van der Waals surface area contributed by atoms with Crippen LogP contribution < -0.4 is 15.4 Å². The van der Waals surface area contributed by atoms with Crippen LogP contribution in [0.25, 0.3) is 0 Å². The van der Waals surface area contributed by atoms with Crippen LogP contribution in [0, 0.1) is 0 Å². The van der Waals surface area contributed by atoms with Crippen LogP contribution >= 0.6 is 0 Å². The standard InChI is InChI=1S/C20H23N3O4S/c21-28(26,27)18-10-5-15(6-11-18)7-12-19(24)22-14-16-3-8-17(9-4-16)23-13-1-2-20(23)25/h3-6,8-11H,1-2,7,12-14H2,(H,22,24)(H2,21,26,27). The lowest BCUT2D eigenvalue weighted by Gasteiger charge is -2.16. The number of rotatable bonds is 7. The Balaban J connectivity index is 1.46. The van der Waals surface area contributed by atoms with Crippen molar-refractivity contribution >= 4 is 27.5 Å². The number of carbonyl (C=O) groups is 2. The van der Waals surface area contributed by atoms with Gasteiger partial charge in [-0.2, -0.15) is 0 Å². The van der Waals surface area contributed by atoms with Crippen molar-refractivity contribution in [1.29, 1.82) is 0 Å². The smallest absolute Gasteiger partial charge is 0.238 e. The van der Waals surface area contributed by atoms with Crippen LogP contribution in [-0.2, 0) is 32.6 Å². The molecule has 8 heteroatoms. The highest BCUT2D eigenvalue weighted by atomic mass is 32.2. The summed E-state index contributed by atoms with van der Waals surface area (Å²) in [5.41, 5.74) is 2.71. The maximum Gasteiger partial charge on any atom is 0.238 e. The van der Waals surface area contributed by atoms with Gasteiger partial charge in [-0.15, -0.1) is 0 Å². The fourth-order valence-corrected chi connectivity index (χ4v) is 3.62. The number of nitrogens with zero attached hydrogens (tertiary/aromatic N) is 1. The summed E-state index contributed by atoms with van der Waals surface area (Å²) in [6.07, 6.45) is 2.30. The molecule has 1 aliphatic heterocycles. The Labute approximate surface area is 164 Å². The van der Waals surface area contributed by atoms with Crippen molar-refractivity contribution in [2.45, 2.75) is 37.1 Å². The van der Waals surface area contributed by atoms with Crippen LogP contribution in [0.3, 0.4) is 0 Å². The van der Waals surface area contributed by atoms with Gasteiger partial charge in [0.05, 0.1) is 4.90 Å². The van der Waals surface area contributed by atoms with Crippen molar-refractivity contribution in [3.63, 3.8) is 0 Å². The average Bonchev–Trinajstić information content (AvgIpc) is 3.10. The van der Waals surface area contributed by atoms with E-state index in [2.05, 4.69) is 5.32 Å². The molecule has 3 N–H and O–H groups in total. The zero-order valence-corrected chi connectivity index (χ0v) is 16.2. The molecule has 2 amide bonds. The first-order valence-corrected chi connectivity index (χ1v) is 10.7. The number of primary sulfonamides is 1. The van der Waals surface area contributed by atoms with E-state index in [0.717, 1.165) is 29.8 Å². The Morgan fingerprint density at radius 3 is 2.25 bits per heavy atom. The quantitative estimate of drug-likeness (QED) is 0.736. The fraction of sp³-hybridized carbons (Fsp3) is 0.300. The monoisotopic (exact) mass is 401 g/mol. The molecule has 2 aromatic rings. The molecule has 2 aromatic carbocycles. The molecule has 0 spiro atoms. The number of sulfonamides is 1. The van der Waals surface area contributed by atoms with Crippen LogP contribution in [-0.4, -0.2) is 26.8 Å². The predicted molar refractivity (Wildman–Crippen MR) is 106 cm³/mol. The molecule has 1 saturated heterocycles. The third-order valence-corrected chi connectivity index (χ3v) is 5.63. The fourth-order valence-electron chi connectivity index (χ4n) is 3.11. The summed E-state index contributed by atoms with van der Waals surface area (Å²) in [5, 5.41) is 7.93. The molecule has 1 heterocycles. The normalized spacial score (nSPS) is 14.3. The Hall–Kier alpha value is -2.71. The van der Waals surface area contributed by atoms with Crippen molar-refractivity contribution < 1.29 is 18.0 Å². The van der Waals surface area contributed by atoms with Gasteiger partial charge in [-0.25, -0.2) is 13.6 Å². The number of hydrogen-bond acceptors (Lipinski definition) is 4. The van der Waals surface area contributed by atoms with E-state index < -0.39 is 10.0 Å². The Morgan fingerprint density at radius 2 is 1.68 bits per heavy atom. The molecule has 0 aromatic heterocycles. The Bertz CT molecular complexity index is 954. The number of aryl methyl sites for hydroxylation is 1. The third kappa shape index (κ3) is 5.17. The molecule has 148 valence electrons. The van der Waals surface area contributed by atoms with E-state index in [4.69, 9.17) is 5.14 Å². The predicted octanol–water partition coefficient (Wildman–Crippen LogP) is 1.71. The molecule has 1 aliphatic rings. The first kappa shape index (κ1) is 20.0. The number of amides is 2. The van der Waals surface area contributed by atoms with Crippen LogP contribution in [0.4, 0.5) is 5.69 Å². The molecule has 3 rings (SSSR count). The summed E-state index contributed by atoms with van der Waals surface area (Å²) in [5.74, 6) is 0.0625. The molecule has 28 heavy (non-hydrogen) atoms. The molecule has 7 nitrogen and oxygen atoms in total. The van der Waals surface area contributed by atoms with Crippen molar-refractivity contribution in [3.8, 4) is 0 Å². The second-order valence-corrected chi connectivity index (χ2v) is 8.34. The van der Waals surface area contributed by atoms with Crippen molar-refractivity contribution in [2.75, 3.05) is 11.4 Å². The van der Waals surface area contributed by atoms with E-state index >= 15 is 0 Å². The lowest BCUT2D eigenvalue weighted by molar-refractivity contribution is -0.121. The molecule has 1 fully saturated rings. The first-order valence-electron chi connectivity index (χ1n) is 9.11. The Kier molecular flexibility index (Phi) is 6.11. The molecule has 0 atom stereocenters. The second kappa shape index (κ2) is 8.53. The zero-order chi connectivity index (χ0) is 20.1. The van der Waals surface area contributed by atoms with Gasteiger partial charge in [0.1, 0.15) is 0 Å². The third-order valence-electron chi connectivity index (χ3n) is 4.70. The summed E-state index contributed by atoms with van der Waals surface area (Å²) >= 11 is 0. The summed E-state index contributed by atoms with van der Waals surface area (Å²) in [6, 6.07) is 13.8. The van der Waals surface area contributed by atoms with E-state index in [1.165, 1.54) is 12.1 Å².